The monoisotopic (exact) mass is 344 g/mol. The molecule has 0 saturated heterocycles. The van der Waals surface area contributed by atoms with Gasteiger partial charge in [0, 0.05) is 18.3 Å². The Hall–Kier alpha value is -1.87. The Bertz CT molecular complexity index is 768. The molecule has 8 nitrogen and oxygen atoms in total. The number of fused-ring (bicyclic) bond motifs is 1. The first-order chi connectivity index (χ1) is 10.8. The topological polar surface area (TPSA) is 104 Å². The summed E-state index contributed by atoms with van der Waals surface area (Å²) in [7, 11) is -2.27. The van der Waals surface area contributed by atoms with Crippen LogP contribution in [-0.2, 0) is 20.7 Å². The zero-order valence-corrected chi connectivity index (χ0v) is 14.1. The van der Waals surface area contributed by atoms with E-state index in [9.17, 15) is 18.0 Å². The van der Waals surface area contributed by atoms with E-state index < -0.39 is 16.0 Å². The minimum Gasteiger partial charge on any atom is -0.491 e. The minimum atomic E-state index is -3.59. The molecule has 1 aliphatic rings. The standard InChI is InChI=1S/C14H20N2O6S/c1-4-15-14(18)12-13(21-2)11(17)7-9-5-6-10(16(9)12)8-22-23(3,19)20/h7,10H,4-6,8H2,1-3H3,(H,15,18). The molecule has 0 fully saturated rings. The summed E-state index contributed by atoms with van der Waals surface area (Å²) in [6.07, 6.45) is 2.11. The van der Waals surface area contributed by atoms with Crippen LogP contribution in [0.3, 0.4) is 0 Å². The van der Waals surface area contributed by atoms with Crippen molar-refractivity contribution in [1.29, 1.82) is 0 Å². The van der Waals surface area contributed by atoms with Gasteiger partial charge in [0.05, 0.1) is 26.0 Å². The van der Waals surface area contributed by atoms with E-state index in [0.717, 1.165) is 6.26 Å². The molecule has 1 atom stereocenters. The van der Waals surface area contributed by atoms with Crippen molar-refractivity contribution in [3.63, 3.8) is 0 Å². The van der Waals surface area contributed by atoms with E-state index in [4.69, 9.17) is 8.92 Å². The molecule has 1 aliphatic heterocycles. The van der Waals surface area contributed by atoms with Crippen LogP contribution in [0, 0.1) is 0 Å². The van der Waals surface area contributed by atoms with Gasteiger partial charge in [-0.3, -0.25) is 13.8 Å². The Morgan fingerprint density at radius 2 is 2.17 bits per heavy atom. The molecule has 1 aromatic rings. The van der Waals surface area contributed by atoms with E-state index in [-0.39, 0.29) is 29.5 Å². The molecule has 23 heavy (non-hydrogen) atoms. The number of methoxy groups -OCH3 is 1. The highest BCUT2D eigenvalue weighted by molar-refractivity contribution is 7.85. The number of hydrogen-bond donors (Lipinski definition) is 1. The third kappa shape index (κ3) is 3.73. The molecule has 1 N–H and O–H groups in total. The molecule has 0 bridgehead atoms. The predicted octanol–water partition coefficient (Wildman–Crippen LogP) is 0.0701. The highest BCUT2D eigenvalue weighted by Gasteiger charge is 2.31. The van der Waals surface area contributed by atoms with E-state index in [0.29, 0.717) is 25.1 Å². The number of nitrogens with zero attached hydrogens (tertiary/aromatic N) is 1. The van der Waals surface area contributed by atoms with Gasteiger partial charge in [-0.05, 0) is 19.8 Å². The van der Waals surface area contributed by atoms with Crippen molar-refractivity contribution >= 4 is 16.0 Å². The summed E-state index contributed by atoms with van der Waals surface area (Å²) in [5.74, 6) is -0.486. The molecular formula is C14H20N2O6S. The minimum absolute atomic E-state index is 0.0500. The second kappa shape index (κ2) is 6.71. The number of amides is 1. The lowest BCUT2D eigenvalue weighted by molar-refractivity contribution is 0.0938. The van der Waals surface area contributed by atoms with E-state index in [2.05, 4.69) is 5.32 Å². The van der Waals surface area contributed by atoms with Gasteiger partial charge in [-0.15, -0.1) is 0 Å². The summed E-state index contributed by atoms with van der Waals surface area (Å²) in [5, 5.41) is 2.65. The highest BCUT2D eigenvalue weighted by Crippen LogP contribution is 2.30. The fourth-order valence-corrected chi connectivity index (χ4v) is 3.13. The average molecular weight is 344 g/mol. The molecule has 1 aromatic heterocycles. The first-order valence-corrected chi connectivity index (χ1v) is 9.05. The van der Waals surface area contributed by atoms with Crippen LogP contribution in [0.4, 0.5) is 0 Å². The van der Waals surface area contributed by atoms with E-state index in [1.807, 2.05) is 0 Å². The van der Waals surface area contributed by atoms with E-state index >= 15 is 0 Å². The quantitative estimate of drug-likeness (QED) is 0.733. The van der Waals surface area contributed by atoms with Crippen molar-refractivity contribution in [3.8, 4) is 5.75 Å². The number of carbonyl (C=O) groups is 1. The summed E-state index contributed by atoms with van der Waals surface area (Å²) in [6.45, 7) is 2.07. The summed E-state index contributed by atoms with van der Waals surface area (Å²) in [4.78, 5) is 24.5. The van der Waals surface area contributed by atoms with Crippen molar-refractivity contribution < 1.29 is 22.1 Å². The van der Waals surface area contributed by atoms with Gasteiger partial charge in [0.2, 0.25) is 5.43 Å². The summed E-state index contributed by atoms with van der Waals surface area (Å²) < 4.78 is 34.1. The zero-order chi connectivity index (χ0) is 17.2. The van der Waals surface area contributed by atoms with E-state index in [1.54, 1.807) is 11.5 Å². The maximum atomic E-state index is 12.4. The third-order valence-corrected chi connectivity index (χ3v) is 4.18. The van der Waals surface area contributed by atoms with Crippen LogP contribution in [0.5, 0.6) is 5.75 Å². The maximum Gasteiger partial charge on any atom is 0.271 e. The molecule has 1 amide bonds. The molecule has 0 aromatic carbocycles. The molecular weight excluding hydrogens is 324 g/mol. The first kappa shape index (κ1) is 17.5. The SMILES string of the molecule is CCNC(=O)c1c(OC)c(=O)cc2n1C(COS(C)(=O)=O)CC2. The number of hydrogen-bond acceptors (Lipinski definition) is 6. The fraction of sp³-hybridized carbons (Fsp3) is 0.571. The van der Waals surface area contributed by atoms with Crippen molar-refractivity contribution in [2.45, 2.75) is 25.8 Å². The van der Waals surface area contributed by atoms with Crippen LogP contribution in [0.25, 0.3) is 0 Å². The van der Waals surface area contributed by atoms with Crippen LogP contribution in [0.15, 0.2) is 10.9 Å². The Morgan fingerprint density at radius 1 is 1.48 bits per heavy atom. The Kier molecular flexibility index (Phi) is 5.10. The van der Waals surface area contributed by atoms with Gasteiger partial charge in [-0.1, -0.05) is 0 Å². The number of nitrogens with one attached hydrogen (secondary N) is 1. The molecule has 2 heterocycles. The number of aromatic nitrogens is 1. The Labute approximate surface area is 134 Å². The largest absolute Gasteiger partial charge is 0.491 e. The van der Waals surface area contributed by atoms with E-state index in [1.165, 1.54) is 13.2 Å². The van der Waals surface area contributed by atoms with Gasteiger partial charge in [-0.2, -0.15) is 8.42 Å². The van der Waals surface area contributed by atoms with Crippen LogP contribution in [0.1, 0.15) is 35.6 Å². The summed E-state index contributed by atoms with van der Waals surface area (Å²) in [6, 6.07) is 1.06. The van der Waals surface area contributed by atoms with Crippen molar-refractivity contribution in [2.24, 2.45) is 0 Å². The smallest absolute Gasteiger partial charge is 0.271 e. The molecule has 0 radical (unpaired) electrons. The molecule has 2 rings (SSSR count). The van der Waals surface area contributed by atoms with Gasteiger partial charge in [-0.25, -0.2) is 0 Å². The molecule has 1 unspecified atom stereocenters. The summed E-state index contributed by atoms with van der Waals surface area (Å²) in [5.41, 5.74) is 0.403. The lowest BCUT2D eigenvalue weighted by Crippen LogP contribution is -2.31. The fourth-order valence-electron chi connectivity index (χ4n) is 2.72. The van der Waals surface area contributed by atoms with Gasteiger partial charge in [0.25, 0.3) is 16.0 Å². The number of carbonyl (C=O) groups excluding carboxylic acids is 1. The molecule has 0 spiro atoms. The van der Waals surface area contributed by atoms with Crippen LogP contribution in [-0.4, -0.2) is 45.4 Å². The maximum absolute atomic E-state index is 12.4. The van der Waals surface area contributed by atoms with Gasteiger partial charge >= 0.3 is 0 Å². The lowest BCUT2D eigenvalue weighted by Gasteiger charge is -2.21. The number of pyridine rings is 1. The molecule has 9 heteroatoms. The Morgan fingerprint density at radius 3 is 2.74 bits per heavy atom. The normalized spacial score (nSPS) is 16.9. The number of aryl methyl sites for hydroxylation is 1. The van der Waals surface area contributed by atoms with Crippen molar-refractivity contribution in [1.82, 2.24) is 9.88 Å². The number of ether oxygens (including phenoxy) is 1. The van der Waals surface area contributed by atoms with Gasteiger partial charge in [0.1, 0.15) is 0 Å². The number of rotatable bonds is 6. The van der Waals surface area contributed by atoms with Crippen molar-refractivity contribution in [2.75, 3.05) is 26.5 Å². The van der Waals surface area contributed by atoms with Crippen LogP contribution < -0.4 is 15.5 Å². The third-order valence-electron chi connectivity index (χ3n) is 3.62. The molecule has 128 valence electrons. The van der Waals surface area contributed by atoms with Gasteiger partial charge in [0.15, 0.2) is 11.4 Å². The molecule has 0 aliphatic carbocycles. The second-order valence-corrected chi connectivity index (χ2v) is 6.94. The zero-order valence-electron chi connectivity index (χ0n) is 13.3. The van der Waals surface area contributed by atoms with Crippen LogP contribution in [0.2, 0.25) is 0 Å². The second-order valence-electron chi connectivity index (χ2n) is 5.29. The first-order valence-electron chi connectivity index (χ1n) is 7.23. The van der Waals surface area contributed by atoms with Gasteiger partial charge < -0.3 is 14.6 Å². The van der Waals surface area contributed by atoms with Crippen LogP contribution >= 0.6 is 0 Å². The van der Waals surface area contributed by atoms with Crippen molar-refractivity contribution in [3.05, 3.63) is 27.7 Å². The highest BCUT2D eigenvalue weighted by atomic mass is 32.2. The molecule has 0 saturated carbocycles. The average Bonchev–Trinajstić information content (AvgIpc) is 2.85. The lowest BCUT2D eigenvalue weighted by atomic mass is 10.2. The summed E-state index contributed by atoms with van der Waals surface area (Å²) >= 11 is 0. The predicted molar refractivity (Wildman–Crippen MR) is 83.4 cm³/mol. The Balaban J connectivity index is 2.51.